The summed E-state index contributed by atoms with van der Waals surface area (Å²) in [6.07, 6.45) is 2.20. The fourth-order valence-electron chi connectivity index (χ4n) is 2.16. The number of nitrogens with two attached hydrogens (primary N) is 1. The fourth-order valence-corrected chi connectivity index (χ4v) is 2.16. The molecule has 96 valence electrons. The number of anilines is 1. The first kappa shape index (κ1) is 14.0. The lowest BCUT2D eigenvalue weighted by molar-refractivity contribution is 0.559. The van der Waals surface area contributed by atoms with Crippen molar-refractivity contribution in [1.82, 2.24) is 0 Å². The van der Waals surface area contributed by atoms with Crippen LogP contribution in [0.15, 0.2) is 18.2 Å². The van der Waals surface area contributed by atoms with Gasteiger partial charge in [-0.25, -0.2) is 0 Å². The summed E-state index contributed by atoms with van der Waals surface area (Å²) in [5, 5.41) is 0. The Labute approximate surface area is 106 Å². The Morgan fingerprint density at radius 3 is 2.59 bits per heavy atom. The van der Waals surface area contributed by atoms with E-state index in [1.165, 1.54) is 23.2 Å². The van der Waals surface area contributed by atoms with Crippen LogP contribution >= 0.6 is 0 Å². The van der Waals surface area contributed by atoms with Gasteiger partial charge in [-0.1, -0.05) is 32.4 Å². The van der Waals surface area contributed by atoms with Gasteiger partial charge in [0.15, 0.2) is 0 Å². The predicted molar refractivity (Wildman–Crippen MR) is 76.7 cm³/mol. The third-order valence-electron chi connectivity index (χ3n) is 3.39. The first-order valence-corrected chi connectivity index (χ1v) is 6.59. The van der Waals surface area contributed by atoms with Crippen molar-refractivity contribution in [2.24, 2.45) is 11.7 Å². The van der Waals surface area contributed by atoms with E-state index < -0.39 is 0 Å². The van der Waals surface area contributed by atoms with E-state index in [9.17, 15) is 0 Å². The maximum atomic E-state index is 5.58. The molecule has 1 aromatic rings. The summed E-state index contributed by atoms with van der Waals surface area (Å²) in [6, 6.07) is 6.68. The van der Waals surface area contributed by atoms with Crippen molar-refractivity contribution in [2.75, 3.05) is 25.0 Å². The number of hydrogen-bond acceptors (Lipinski definition) is 2. The third kappa shape index (κ3) is 4.04. The van der Waals surface area contributed by atoms with Crippen LogP contribution < -0.4 is 10.6 Å². The van der Waals surface area contributed by atoms with Crippen molar-refractivity contribution in [1.29, 1.82) is 0 Å². The Kier molecular flexibility index (Phi) is 5.49. The van der Waals surface area contributed by atoms with E-state index >= 15 is 0 Å². The van der Waals surface area contributed by atoms with E-state index in [4.69, 9.17) is 5.73 Å². The highest BCUT2D eigenvalue weighted by atomic mass is 15.1. The molecule has 0 saturated carbocycles. The molecule has 0 heterocycles. The van der Waals surface area contributed by atoms with Gasteiger partial charge < -0.3 is 10.6 Å². The van der Waals surface area contributed by atoms with Crippen LogP contribution in [0.1, 0.15) is 31.4 Å². The van der Waals surface area contributed by atoms with Crippen molar-refractivity contribution in [2.45, 2.75) is 33.6 Å². The molecule has 0 aliphatic rings. The maximum Gasteiger partial charge on any atom is 0.0393 e. The number of nitrogens with zero attached hydrogens (tertiary/aromatic N) is 1. The van der Waals surface area contributed by atoms with E-state index in [1.54, 1.807) is 0 Å². The summed E-state index contributed by atoms with van der Waals surface area (Å²) in [5.41, 5.74) is 9.61. The second-order valence-corrected chi connectivity index (χ2v) is 5.05. The summed E-state index contributed by atoms with van der Waals surface area (Å²) >= 11 is 0. The second-order valence-electron chi connectivity index (χ2n) is 5.05. The first-order chi connectivity index (χ1) is 8.08. The molecule has 0 amide bonds. The van der Waals surface area contributed by atoms with Gasteiger partial charge in [0.1, 0.15) is 0 Å². The van der Waals surface area contributed by atoms with Gasteiger partial charge in [-0.05, 0) is 43.0 Å². The minimum atomic E-state index is 0.724. The summed E-state index contributed by atoms with van der Waals surface area (Å²) in [7, 11) is 2.18. The molecule has 17 heavy (non-hydrogen) atoms. The van der Waals surface area contributed by atoms with Crippen LogP contribution in [0.4, 0.5) is 5.69 Å². The Balaban J connectivity index is 2.77. The summed E-state index contributed by atoms with van der Waals surface area (Å²) in [6.45, 7) is 8.57. The highest BCUT2D eigenvalue weighted by Crippen LogP contribution is 2.21. The molecule has 0 aliphatic carbocycles. The lowest BCUT2D eigenvalue weighted by Gasteiger charge is -2.25. The molecule has 0 aromatic heterocycles. The highest BCUT2D eigenvalue weighted by molar-refractivity contribution is 5.54. The van der Waals surface area contributed by atoms with Crippen LogP contribution in [0, 0.1) is 12.8 Å². The summed E-state index contributed by atoms with van der Waals surface area (Å²) in [5.74, 6) is 0.739. The van der Waals surface area contributed by atoms with Gasteiger partial charge >= 0.3 is 0 Å². The largest absolute Gasteiger partial charge is 0.374 e. The summed E-state index contributed by atoms with van der Waals surface area (Å²) in [4.78, 5) is 2.36. The van der Waals surface area contributed by atoms with Crippen LogP contribution in [-0.2, 0) is 6.42 Å². The van der Waals surface area contributed by atoms with Crippen LogP contribution in [-0.4, -0.2) is 20.1 Å². The normalized spacial score (nSPS) is 12.5. The zero-order chi connectivity index (χ0) is 12.8. The van der Waals surface area contributed by atoms with Gasteiger partial charge in [0.2, 0.25) is 0 Å². The molecule has 0 spiro atoms. The van der Waals surface area contributed by atoms with Gasteiger partial charge in [0, 0.05) is 19.3 Å². The molecular formula is C15H26N2. The van der Waals surface area contributed by atoms with Crippen molar-refractivity contribution in [3.63, 3.8) is 0 Å². The van der Waals surface area contributed by atoms with E-state index in [0.29, 0.717) is 0 Å². The first-order valence-electron chi connectivity index (χ1n) is 6.59. The molecule has 2 heteroatoms. The third-order valence-corrected chi connectivity index (χ3v) is 3.39. The number of rotatable bonds is 6. The standard InChI is InChI=1S/C15H26N2/c1-5-12(2)11-17(4)15-7-6-14(8-9-16)10-13(15)3/h6-7,10,12H,5,8-9,11,16H2,1-4H3. The number of hydrogen-bond donors (Lipinski definition) is 1. The zero-order valence-electron chi connectivity index (χ0n) is 11.7. The van der Waals surface area contributed by atoms with Crippen LogP contribution in [0.25, 0.3) is 0 Å². The van der Waals surface area contributed by atoms with Crippen molar-refractivity contribution in [3.05, 3.63) is 29.3 Å². The molecule has 0 radical (unpaired) electrons. The van der Waals surface area contributed by atoms with Crippen LogP contribution in [0.2, 0.25) is 0 Å². The van der Waals surface area contributed by atoms with Gasteiger partial charge in [-0.2, -0.15) is 0 Å². The van der Waals surface area contributed by atoms with E-state index in [2.05, 4.69) is 50.9 Å². The lowest BCUT2D eigenvalue weighted by Crippen LogP contribution is -2.24. The van der Waals surface area contributed by atoms with Crippen LogP contribution in [0.3, 0.4) is 0 Å². The van der Waals surface area contributed by atoms with Gasteiger partial charge in [-0.15, -0.1) is 0 Å². The second kappa shape index (κ2) is 6.65. The summed E-state index contributed by atoms with van der Waals surface area (Å²) < 4.78 is 0. The number of aryl methyl sites for hydroxylation is 1. The SMILES string of the molecule is CCC(C)CN(C)c1ccc(CCN)cc1C. The Morgan fingerprint density at radius 2 is 2.06 bits per heavy atom. The molecule has 1 aromatic carbocycles. The molecule has 0 fully saturated rings. The van der Waals surface area contributed by atoms with E-state index in [1.807, 2.05) is 0 Å². The molecular weight excluding hydrogens is 208 g/mol. The monoisotopic (exact) mass is 234 g/mol. The Morgan fingerprint density at radius 1 is 1.35 bits per heavy atom. The highest BCUT2D eigenvalue weighted by Gasteiger charge is 2.08. The molecule has 0 saturated heterocycles. The smallest absolute Gasteiger partial charge is 0.0393 e. The molecule has 2 nitrogen and oxygen atoms in total. The quantitative estimate of drug-likeness (QED) is 0.820. The van der Waals surface area contributed by atoms with Crippen molar-refractivity contribution >= 4 is 5.69 Å². The Bertz CT molecular complexity index is 347. The molecule has 2 N–H and O–H groups in total. The van der Waals surface area contributed by atoms with Crippen molar-refractivity contribution < 1.29 is 0 Å². The minimum Gasteiger partial charge on any atom is -0.374 e. The molecule has 1 rings (SSSR count). The average Bonchev–Trinajstić information content (AvgIpc) is 2.29. The van der Waals surface area contributed by atoms with Gasteiger partial charge in [-0.3, -0.25) is 0 Å². The van der Waals surface area contributed by atoms with E-state index in [-0.39, 0.29) is 0 Å². The molecule has 0 bridgehead atoms. The average molecular weight is 234 g/mol. The number of benzene rings is 1. The van der Waals surface area contributed by atoms with Crippen LogP contribution in [0.5, 0.6) is 0 Å². The Hall–Kier alpha value is -1.02. The fraction of sp³-hybridized carbons (Fsp3) is 0.600. The van der Waals surface area contributed by atoms with Gasteiger partial charge in [0.05, 0.1) is 0 Å². The van der Waals surface area contributed by atoms with Crippen molar-refractivity contribution in [3.8, 4) is 0 Å². The molecule has 0 aliphatic heterocycles. The minimum absolute atomic E-state index is 0.724. The topological polar surface area (TPSA) is 29.3 Å². The van der Waals surface area contributed by atoms with E-state index in [0.717, 1.165) is 25.4 Å². The molecule has 1 atom stereocenters. The lowest BCUT2D eigenvalue weighted by atomic mass is 10.0. The predicted octanol–water partition coefficient (Wildman–Crippen LogP) is 2.98. The molecule has 1 unspecified atom stereocenters. The zero-order valence-corrected chi connectivity index (χ0v) is 11.7. The van der Waals surface area contributed by atoms with Gasteiger partial charge in [0.25, 0.3) is 0 Å². The maximum absolute atomic E-state index is 5.58.